The number of carbonyl (C=O) groups is 1. The Bertz CT molecular complexity index is 733. The van der Waals surface area contributed by atoms with Crippen LogP contribution in [0.1, 0.15) is 15.9 Å². The van der Waals surface area contributed by atoms with Crippen LogP contribution in [-0.2, 0) is 0 Å². The van der Waals surface area contributed by atoms with Gasteiger partial charge in [-0.1, -0.05) is 35.3 Å². The SMILES string of the molecule is COc1ccccc1C(=O)NN=Cc1cc(Cl)cc(Cl)c1O. The van der Waals surface area contributed by atoms with Crippen LogP contribution in [0.15, 0.2) is 41.5 Å². The van der Waals surface area contributed by atoms with Gasteiger partial charge in [-0.05, 0) is 24.3 Å². The Balaban J connectivity index is 2.14. The first-order valence-electron chi connectivity index (χ1n) is 6.17. The number of hydrogen-bond donors (Lipinski definition) is 2. The highest BCUT2D eigenvalue weighted by molar-refractivity contribution is 6.36. The number of ether oxygens (including phenoxy) is 1. The number of hydrogen-bond acceptors (Lipinski definition) is 4. The number of methoxy groups -OCH3 is 1. The van der Waals surface area contributed by atoms with Crippen LogP contribution in [0.2, 0.25) is 10.0 Å². The maximum absolute atomic E-state index is 12.0. The highest BCUT2D eigenvalue weighted by Crippen LogP contribution is 2.29. The molecular formula is C15H12Cl2N2O3. The molecule has 114 valence electrons. The van der Waals surface area contributed by atoms with Crippen LogP contribution >= 0.6 is 23.2 Å². The van der Waals surface area contributed by atoms with E-state index in [-0.39, 0.29) is 16.3 Å². The van der Waals surface area contributed by atoms with Crippen molar-refractivity contribution in [3.8, 4) is 11.5 Å². The van der Waals surface area contributed by atoms with Crippen molar-refractivity contribution in [2.75, 3.05) is 7.11 Å². The first-order chi connectivity index (χ1) is 10.5. The van der Waals surface area contributed by atoms with E-state index in [1.54, 1.807) is 24.3 Å². The van der Waals surface area contributed by atoms with Gasteiger partial charge < -0.3 is 9.84 Å². The lowest BCUT2D eigenvalue weighted by atomic mass is 10.2. The number of phenols is 1. The average molecular weight is 339 g/mol. The van der Waals surface area contributed by atoms with E-state index >= 15 is 0 Å². The monoisotopic (exact) mass is 338 g/mol. The molecule has 0 aliphatic carbocycles. The van der Waals surface area contributed by atoms with Crippen molar-refractivity contribution < 1.29 is 14.6 Å². The van der Waals surface area contributed by atoms with Crippen LogP contribution in [-0.4, -0.2) is 24.3 Å². The third-order valence-electron chi connectivity index (χ3n) is 2.78. The highest BCUT2D eigenvalue weighted by Gasteiger charge is 2.10. The largest absolute Gasteiger partial charge is 0.506 e. The Morgan fingerprint density at radius 3 is 2.77 bits per heavy atom. The van der Waals surface area contributed by atoms with E-state index in [1.807, 2.05) is 0 Å². The molecule has 2 aromatic carbocycles. The van der Waals surface area contributed by atoms with Gasteiger partial charge in [0.05, 0.1) is 23.9 Å². The van der Waals surface area contributed by atoms with Gasteiger partial charge in [0.1, 0.15) is 11.5 Å². The summed E-state index contributed by atoms with van der Waals surface area (Å²) in [6.07, 6.45) is 1.25. The summed E-state index contributed by atoms with van der Waals surface area (Å²) in [5.41, 5.74) is 2.97. The molecule has 1 amide bonds. The molecule has 0 aliphatic heterocycles. The maximum Gasteiger partial charge on any atom is 0.275 e. The third kappa shape index (κ3) is 3.69. The van der Waals surface area contributed by atoms with E-state index in [0.717, 1.165) is 0 Å². The van der Waals surface area contributed by atoms with E-state index in [2.05, 4.69) is 10.5 Å². The smallest absolute Gasteiger partial charge is 0.275 e. The summed E-state index contributed by atoms with van der Waals surface area (Å²) in [7, 11) is 1.47. The van der Waals surface area contributed by atoms with Gasteiger partial charge in [-0.25, -0.2) is 5.43 Å². The fourth-order valence-corrected chi connectivity index (χ4v) is 2.25. The highest BCUT2D eigenvalue weighted by atomic mass is 35.5. The fraction of sp³-hybridized carbons (Fsp3) is 0.0667. The minimum absolute atomic E-state index is 0.102. The van der Waals surface area contributed by atoms with E-state index in [0.29, 0.717) is 16.3 Å². The van der Waals surface area contributed by atoms with Crippen LogP contribution < -0.4 is 10.2 Å². The van der Waals surface area contributed by atoms with Crippen molar-refractivity contribution in [2.45, 2.75) is 0 Å². The summed E-state index contributed by atoms with van der Waals surface area (Å²) >= 11 is 11.6. The first kappa shape index (κ1) is 16.1. The molecule has 0 saturated heterocycles. The van der Waals surface area contributed by atoms with Gasteiger partial charge in [0.2, 0.25) is 0 Å². The topological polar surface area (TPSA) is 70.9 Å². The number of amides is 1. The standard InChI is InChI=1S/C15H12Cl2N2O3/c1-22-13-5-3-2-4-11(13)15(21)19-18-8-9-6-10(16)7-12(17)14(9)20/h2-8,20H,1H3,(H,19,21). The number of para-hydroxylation sites is 1. The summed E-state index contributed by atoms with van der Waals surface area (Å²) in [6, 6.07) is 9.62. The van der Waals surface area contributed by atoms with Gasteiger partial charge in [-0.2, -0.15) is 5.10 Å². The third-order valence-corrected chi connectivity index (χ3v) is 3.29. The lowest BCUT2D eigenvalue weighted by Gasteiger charge is -2.06. The maximum atomic E-state index is 12.0. The zero-order valence-corrected chi connectivity index (χ0v) is 13.0. The van der Waals surface area contributed by atoms with Crippen molar-refractivity contribution in [1.82, 2.24) is 5.43 Å². The molecule has 0 bridgehead atoms. The molecule has 22 heavy (non-hydrogen) atoms. The lowest BCUT2D eigenvalue weighted by Crippen LogP contribution is -2.18. The van der Waals surface area contributed by atoms with E-state index in [1.165, 1.54) is 25.5 Å². The Hall–Kier alpha value is -2.24. The molecule has 0 aromatic heterocycles. The Kier molecular flexibility index (Phi) is 5.25. The Labute approximate surface area is 137 Å². The van der Waals surface area contributed by atoms with Crippen molar-refractivity contribution in [1.29, 1.82) is 0 Å². The van der Waals surface area contributed by atoms with Crippen molar-refractivity contribution in [3.05, 3.63) is 57.6 Å². The molecule has 0 aliphatic rings. The molecule has 7 heteroatoms. The second kappa shape index (κ2) is 7.15. The second-order valence-electron chi connectivity index (χ2n) is 4.22. The Morgan fingerprint density at radius 1 is 1.32 bits per heavy atom. The Morgan fingerprint density at radius 2 is 2.05 bits per heavy atom. The second-order valence-corrected chi connectivity index (χ2v) is 5.07. The van der Waals surface area contributed by atoms with Gasteiger partial charge in [-0.15, -0.1) is 0 Å². The van der Waals surface area contributed by atoms with Gasteiger partial charge in [-0.3, -0.25) is 4.79 Å². The molecule has 5 nitrogen and oxygen atoms in total. The number of rotatable bonds is 4. The number of benzene rings is 2. The molecule has 0 saturated carbocycles. The predicted octanol–water partition coefficient (Wildman–Crippen LogP) is 3.47. The molecule has 2 rings (SSSR count). The van der Waals surface area contributed by atoms with Gasteiger partial charge in [0.15, 0.2) is 0 Å². The van der Waals surface area contributed by atoms with Gasteiger partial charge >= 0.3 is 0 Å². The number of carbonyl (C=O) groups excluding carboxylic acids is 1. The molecule has 2 aromatic rings. The van der Waals surface area contributed by atoms with Crippen LogP contribution in [0, 0.1) is 0 Å². The zero-order valence-electron chi connectivity index (χ0n) is 11.5. The number of nitrogens with zero attached hydrogens (tertiary/aromatic N) is 1. The zero-order chi connectivity index (χ0) is 16.1. The molecule has 0 radical (unpaired) electrons. The molecule has 2 N–H and O–H groups in total. The van der Waals surface area contributed by atoms with E-state index in [9.17, 15) is 9.90 Å². The van der Waals surface area contributed by atoms with Gasteiger partial charge in [0, 0.05) is 10.6 Å². The summed E-state index contributed by atoms with van der Waals surface area (Å²) in [5.74, 6) is -0.175. The summed E-state index contributed by atoms with van der Waals surface area (Å²) in [5, 5.41) is 14.0. The molecule has 0 unspecified atom stereocenters. The summed E-state index contributed by atoms with van der Waals surface area (Å²) < 4.78 is 5.09. The number of nitrogens with one attached hydrogen (secondary N) is 1. The lowest BCUT2D eigenvalue weighted by molar-refractivity contribution is 0.0952. The van der Waals surface area contributed by atoms with E-state index < -0.39 is 5.91 Å². The number of hydrazone groups is 1. The molecule has 0 heterocycles. The van der Waals surface area contributed by atoms with Crippen LogP contribution in [0.5, 0.6) is 11.5 Å². The first-order valence-corrected chi connectivity index (χ1v) is 6.93. The van der Waals surface area contributed by atoms with Crippen LogP contribution in [0.4, 0.5) is 0 Å². The fourth-order valence-electron chi connectivity index (χ4n) is 1.74. The van der Waals surface area contributed by atoms with Crippen LogP contribution in [0.3, 0.4) is 0 Å². The minimum Gasteiger partial charge on any atom is -0.506 e. The molecule has 0 atom stereocenters. The van der Waals surface area contributed by atoms with Crippen molar-refractivity contribution in [2.24, 2.45) is 5.10 Å². The number of halogens is 2. The quantitative estimate of drug-likeness (QED) is 0.662. The summed E-state index contributed by atoms with van der Waals surface area (Å²) in [4.78, 5) is 12.0. The molecule has 0 fully saturated rings. The van der Waals surface area contributed by atoms with Crippen molar-refractivity contribution in [3.63, 3.8) is 0 Å². The molecular weight excluding hydrogens is 327 g/mol. The minimum atomic E-state index is -0.443. The number of aromatic hydroxyl groups is 1. The summed E-state index contributed by atoms with van der Waals surface area (Å²) in [6.45, 7) is 0. The van der Waals surface area contributed by atoms with Gasteiger partial charge in [0.25, 0.3) is 5.91 Å². The predicted molar refractivity (Wildman–Crippen MR) is 86.2 cm³/mol. The number of phenolic OH excluding ortho intramolecular Hbond substituents is 1. The van der Waals surface area contributed by atoms with Crippen LogP contribution in [0.25, 0.3) is 0 Å². The molecule has 0 spiro atoms. The van der Waals surface area contributed by atoms with E-state index in [4.69, 9.17) is 27.9 Å². The van der Waals surface area contributed by atoms with Crippen molar-refractivity contribution >= 4 is 35.3 Å². The average Bonchev–Trinajstić information content (AvgIpc) is 2.51. The normalized spacial score (nSPS) is 10.7.